The Morgan fingerprint density at radius 1 is 1.20 bits per heavy atom. The highest BCUT2D eigenvalue weighted by atomic mass is 79.9. The van der Waals surface area contributed by atoms with Crippen LogP contribution in [0.2, 0.25) is 0 Å². The van der Waals surface area contributed by atoms with Crippen molar-refractivity contribution in [2.75, 3.05) is 38.9 Å². The van der Waals surface area contributed by atoms with Crippen molar-refractivity contribution >= 4 is 39.5 Å². The van der Waals surface area contributed by atoms with E-state index in [1.165, 1.54) is 0 Å². The molecular formula is C16H17BrN6O2. The number of methoxy groups -OCH3 is 2. The van der Waals surface area contributed by atoms with E-state index in [-0.39, 0.29) is 17.3 Å². The van der Waals surface area contributed by atoms with Gasteiger partial charge in [0.2, 0.25) is 11.9 Å². The Hall–Kier alpha value is -2.86. The molecule has 0 spiro atoms. The molecule has 1 heterocycles. The van der Waals surface area contributed by atoms with Crippen LogP contribution in [0.25, 0.3) is 11.6 Å². The highest BCUT2D eigenvalue weighted by Crippen LogP contribution is 2.34. The Balaban J connectivity index is 2.57. The number of nitrogen functional groups attached to an aromatic ring is 1. The Labute approximate surface area is 154 Å². The SMILES string of the molecule is COc1cc(Br)c(/C=C(\C#N)c2nc(N)nc(N(C)C)n2)cc1OC. The van der Waals surface area contributed by atoms with Crippen molar-refractivity contribution in [1.82, 2.24) is 15.0 Å². The fraction of sp³-hybridized carbons (Fsp3) is 0.250. The minimum absolute atomic E-state index is 0.0428. The average molecular weight is 405 g/mol. The van der Waals surface area contributed by atoms with Gasteiger partial charge in [-0.25, -0.2) is 0 Å². The molecular weight excluding hydrogens is 388 g/mol. The second-order valence-corrected chi connectivity index (χ2v) is 5.96. The fourth-order valence-corrected chi connectivity index (χ4v) is 2.42. The number of nitrogens with two attached hydrogens (primary N) is 1. The van der Waals surface area contributed by atoms with Gasteiger partial charge >= 0.3 is 0 Å². The summed E-state index contributed by atoms with van der Waals surface area (Å²) in [7, 11) is 6.65. The number of hydrogen-bond donors (Lipinski definition) is 1. The van der Waals surface area contributed by atoms with Crippen molar-refractivity contribution in [3.05, 3.63) is 28.0 Å². The van der Waals surface area contributed by atoms with E-state index in [0.29, 0.717) is 23.0 Å². The summed E-state index contributed by atoms with van der Waals surface area (Å²) in [6.07, 6.45) is 1.64. The summed E-state index contributed by atoms with van der Waals surface area (Å²) in [5, 5.41) is 9.53. The van der Waals surface area contributed by atoms with Crippen LogP contribution in [0.15, 0.2) is 16.6 Å². The number of nitriles is 1. The molecule has 0 saturated heterocycles. The number of halogens is 1. The molecule has 0 aliphatic heterocycles. The number of allylic oxidation sites excluding steroid dienone is 1. The average Bonchev–Trinajstić information content (AvgIpc) is 2.59. The first-order chi connectivity index (χ1) is 11.9. The Kier molecular flexibility index (Phi) is 5.77. The highest BCUT2D eigenvalue weighted by molar-refractivity contribution is 9.10. The highest BCUT2D eigenvalue weighted by Gasteiger charge is 2.13. The van der Waals surface area contributed by atoms with Gasteiger partial charge in [-0.15, -0.1) is 0 Å². The molecule has 0 saturated carbocycles. The van der Waals surface area contributed by atoms with Crippen LogP contribution in [0.5, 0.6) is 11.5 Å². The van der Waals surface area contributed by atoms with Gasteiger partial charge in [-0.2, -0.15) is 20.2 Å². The van der Waals surface area contributed by atoms with Crippen LogP contribution < -0.4 is 20.1 Å². The summed E-state index contributed by atoms with van der Waals surface area (Å²) < 4.78 is 11.3. The van der Waals surface area contributed by atoms with Gasteiger partial charge in [-0.05, 0) is 23.8 Å². The number of nitrogens with zero attached hydrogens (tertiary/aromatic N) is 5. The standard InChI is InChI=1S/C16H17BrN6O2/c1-23(2)16-21-14(20-15(19)22-16)10(8-18)5-9-6-12(24-3)13(25-4)7-11(9)17/h5-7H,1-4H3,(H2,19,20,21,22)/b10-5+. The van der Waals surface area contributed by atoms with Crippen LogP contribution >= 0.6 is 15.9 Å². The van der Waals surface area contributed by atoms with Crippen molar-refractivity contribution in [1.29, 1.82) is 5.26 Å². The third kappa shape index (κ3) is 4.16. The van der Waals surface area contributed by atoms with Crippen LogP contribution in [-0.4, -0.2) is 43.3 Å². The lowest BCUT2D eigenvalue weighted by Gasteiger charge is -2.12. The van der Waals surface area contributed by atoms with E-state index in [9.17, 15) is 5.26 Å². The molecule has 0 unspecified atom stereocenters. The van der Waals surface area contributed by atoms with E-state index in [2.05, 4.69) is 37.0 Å². The van der Waals surface area contributed by atoms with E-state index in [1.54, 1.807) is 51.4 Å². The Morgan fingerprint density at radius 2 is 1.84 bits per heavy atom. The number of aromatic nitrogens is 3. The van der Waals surface area contributed by atoms with Gasteiger partial charge in [0.25, 0.3) is 0 Å². The van der Waals surface area contributed by atoms with Crippen LogP contribution in [0.1, 0.15) is 11.4 Å². The smallest absolute Gasteiger partial charge is 0.230 e. The third-order valence-corrected chi connectivity index (χ3v) is 3.89. The predicted molar refractivity (Wildman–Crippen MR) is 99.3 cm³/mol. The van der Waals surface area contributed by atoms with E-state index in [1.807, 2.05) is 0 Å². The molecule has 0 aliphatic rings. The van der Waals surface area contributed by atoms with E-state index in [4.69, 9.17) is 15.2 Å². The molecule has 130 valence electrons. The molecule has 0 aliphatic carbocycles. The minimum atomic E-state index is 0.0428. The molecule has 2 N–H and O–H groups in total. The van der Waals surface area contributed by atoms with Crippen LogP contribution in [0.3, 0.4) is 0 Å². The zero-order valence-corrected chi connectivity index (χ0v) is 15.8. The molecule has 0 amide bonds. The number of benzene rings is 1. The van der Waals surface area contributed by atoms with Gasteiger partial charge in [0.15, 0.2) is 17.3 Å². The van der Waals surface area contributed by atoms with Crippen LogP contribution in [-0.2, 0) is 0 Å². The molecule has 8 nitrogen and oxygen atoms in total. The summed E-state index contributed by atoms with van der Waals surface area (Å²) in [5.74, 6) is 1.72. The van der Waals surface area contributed by atoms with Crippen molar-refractivity contribution in [3.63, 3.8) is 0 Å². The van der Waals surface area contributed by atoms with Gasteiger partial charge in [0, 0.05) is 18.6 Å². The van der Waals surface area contributed by atoms with Gasteiger partial charge < -0.3 is 20.1 Å². The summed E-state index contributed by atoms with van der Waals surface area (Å²) in [5.41, 5.74) is 6.67. The largest absolute Gasteiger partial charge is 0.493 e. The summed E-state index contributed by atoms with van der Waals surface area (Å²) >= 11 is 3.46. The van der Waals surface area contributed by atoms with Gasteiger partial charge in [0.1, 0.15) is 6.07 Å². The lowest BCUT2D eigenvalue weighted by Crippen LogP contribution is -2.15. The van der Waals surface area contributed by atoms with Crippen molar-refractivity contribution in [2.45, 2.75) is 0 Å². The normalized spacial score (nSPS) is 11.0. The molecule has 1 aromatic heterocycles. The maximum absolute atomic E-state index is 9.53. The molecule has 0 bridgehead atoms. The molecule has 0 radical (unpaired) electrons. The van der Waals surface area contributed by atoms with Gasteiger partial charge in [-0.1, -0.05) is 15.9 Å². The lowest BCUT2D eigenvalue weighted by molar-refractivity contribution is 0.354. The lowest BCUT2D eigenvalue weighted by atomic mass is 10.1. The third-order valence-electron chi connectivity index (χ3n) is 3.20. The Bertz CT molecular complexity index is 860. The number of hydrogen-bond acceptors (Lipinski definition) is 8. The first-order valence-electron chi connectivity index (χ1n) is 7.12. The molecule has 9 heteroatoms. The van der Waals surface area contributed by atoms with Gasteiger partial charge in [0.05, 0.1) is 19.8 Å². The zero-order chi connectivity index (χ0) is 18.6. The monoisotopic (exact) mass is 404 g/mol. The fourth-order valence-electron chi connectivity index (χ4n) is 1.98. The number of ether oxygens (including phenoxy) is 2. The molecule has 1 aromatic carbocycles. The minimum Gasteiger partial charge on any atom is -0.493 e. The quantitative estimate of drug-likeness (QED) is 0.755. The molecule has 25 heavy (non-hydrogen) atoms. The molecule has 0 fully saturated rings. The van der Waals surface area contributed by atoms with E-state index >= 15 is 0 Å². The first kappa shape index (κ1) is 18.5. The topological polar surface area (TPSA) is 110 Å². The zero-order valence-electron chi connectivity index (χ0n) is 14.2. The second-order valence-electron chi connectivity index (χ2n) is 5.11. The summed E-state index contributed by atoms with van der Waals surface area (Å²) in [6, 6.07) is 5.60. The van der Waals surface area contributed by atoms with Crippen LogP contribution in [0, 0.1) is 11.3 Å². The maximum Gasteiger partial charge on any atom is 0.230 e. The molecule has 0 atom stereocenters. The number of anilines is 2. The van der Waals surface area contributed by atoms with Crippen LogP contribution in [0.4, 0.5) is 11.9 Å². The van der Waals surface area contributed by atoms with Crippen molar-refractivity contribution < 1.29 is 9.47 Å². The first-order valence-corrected chi connectivity index (χ1v) is 7.91. The summed E-state index contributed by atoms with van der Waals surface area (Å²) in [4.78, 5) is 14.0. The van der Waals surface area contributed by atoms with Crippen molar-refractivity contribution in [3.8, 4) is 17.6 Å². The van der Waals surface area contributed by atoms with Gasteiger partial charge in [-0.3, -0.25) is 0 Å². The maximum atomic E-state index is 9.53. The Morgan fingerprint density at radius 3 is 2.40 bits per heavy atom. The summed E-state index contributed by atoms with van der Waals surface area (Å²) in [6.45, 7) is 0. The van der Waals surface area contributed by atoms with E-state index < -0.39 is 0 Å². The van der Waals surface area contributed by atoms with Crippen molar-refractivity contribution in [2.24, 2.45) is 0 Å². The molecule has 2 aromatic rings. The predicted octanol–water partition coefficient (Wildman–Crippen LogP) is 2.36. The second kappa shape index (κ2) is 7.81. The van der Waals surface area contributed by atoms with E-state index in [0.717, 1.165) is 4.47 Å². The molecule has 2 rings (SSSR count). The number of rotatable bonds is 5.